The molecule has 0 radical (unpaired) electrons. The summed E-state index contributed by atoms with van der Waals surface area (Å²) in [6, 6.07) is 11.1. The molecule has 3 nitrogen and oxygen atoms in total. The molecule has 2 aromatic rings. The molecule has 1 amide bonds. The van der Waals surface area contributed by atoms with Crippen LogP contribution in [0.3, 0.4) is 0 Å². The lowest BCUT2D eigenvalue weighted by Gasteiger charge is -2.34. The Morgan fingerprint density at radius 1 is 1.17 bits per heavy atom. The molecule has 0 saturated carbocycles. The normalized spacial score (nSPS) is 17.7. The molecule has 7 heteroatoms. The van der Waals surface area contributed by atoms with E-state index in [1.165, 1.54) is 30.3 Å². The zero-order valence-corrected chi connectivity index (χ0v) is 17.0. The number of carbonyl (C=O) groups is 1. The molecule has 0 bridgehead atoms. The number of carbonyl (C=O) groups excluding carboxylic acids is 1. The van der Waals surface area contributed by atoms with Gasteiger partial charge in [-0.3, -0.25) is 4.79 Å². The van der Waals surface area contributed by atoms with Crippen LogP contribution in [0, 0.1) is 11.7 Å². The van der Waals surface area contributed by atoms with Crippen LogP contribution in [0.4, 0.5) is 17.6 Å². The predicted molar refractivity (Wildman–Crippen MR) is 108 cm³/mol. The summed E-state index contributed by atoms with van der Waals surface area (Å²) < 4.78 is 52.0. The monoisotopic (exact) mass is 422 g/mol. The number of amides is 1. The molecular formula is C23H26F4N2O. The van der Waals surface area contributed by atoms with E-state index in [9.17, 15) is 22.4 Å². The minimum absolute atomic E-state index is 0.212. The fourth-order valence-corrected chi connectivity index (χ4v) is 4.01. The Labute approximate surface area is 174 Å². The van der Waals surface area contributed by atoms with Gasteiger partial charge in [0.2, 0.25) is 0 Å². The molecular weight excluding hydrogens is 396 g/mol. The van der Waals surface area contributed by atoms with Crippen molar-refractivity contribution in [3.05, 3.63) is 71.0 Å². The van der Waals surface area contributed by atoms with Crippen molar-refractivity contribution in [1.82, 2.24) is 9.80 Å². The molecule has 0 N–H and O–H groups in total. The predicted octanol–water partition coefficient (Wildman–Crippen LogP) is 4.87. The van der Waals surface area contributed by atoms with E-state index >= 15 is 0 Å². The van der Waals surface area contributed by atoms with Gasteiger partial charge in [-0.15, -0.1) is 0 Å². The van der Waals surface area contributed by atoms with Crippen LogP contribution in [-0.2, 0) is 12.6 Å². The second-order valence-corrected chi connectivity index (χ2v) is 7.95. The van der Waals surface area contributed by atoms with E-state index in [1.807, 2.05) is 0 Å². The minimum atomic E-state index is -4.33. The molecule has 2 aromatic carbocycles. The van der Waals surface area contributed by atoms with Crippen LogP contribution in [0.5, 0.6) is 0 Å². The van der Waals surface area contributed by atoms with Gasteiger partial charge >= 0.3 is 6.18 Å². The topological polar surface area (TPSA) is 23.6 Å². The van der Waals surface area contributed by atoms with E-state index < -0.39 is 17.6 Å². The average Bonchev–Trinajstić information content (AvgIpc) is 2.71. The highest BCUT2D eigenvalue weighted by atomic mass is 19.4. The van der Waals surface area contributed by atoms with Crippen molar-refractivity contribution in [3.63, 3.8) is 0 Å². The zero-order chi connectivity index (χ0) is 21.7. The Morgan fingerprint density at radius 3 is 2.67 bits per heavy atom. The van der Waals surface area contributed by atoms with Crippen molar-refractivity contribution in [3.8, 4) is 0 Å². The fourth-order valence-electron chi connectivity index (χ4n) is 4.01. The first-order valence-corrected chi connectivity index (χ1v) is 10.1. The van der Waals surface area contributed by atoms with E-state index in [-0.39, 0.29) is 11.8 Å². The van der Waals surface area contributed by atoms with Gasteiger partial charge in [-0.1, -0.05) is 24.3 Å². The van der Waals surface area contributed by atoms with Crippen LogP contribution in [-0.4, -0.2) is 48.9 Å². The van der Waals surface area contributed by atoms with E-state index in [1.54, 1.807) is 24.1 Å². The molecule has 1 fully saturated rings. The third kappa shape index (κ3) is 6.05. The lowest BCUT2D eigenvalue weighted by Crippen LogP contribution is -2.42. The number of alkyl halides is 3. The molecule has 0 aromatic heterocycles. The molecule has 1 saturated heterocycles. The van der Waals surface area contributed by atoms with Gasteiger partial charge in [0, 0.05) is 32.2 Å². The third-order valence-electron chi connectivity index (χ3n) is 5.52. The molecule has 30 heavy (non-hydrogen) atoms. The van der Waals surface area contributed by atoms with Gasteiger partial charge in [-0.2, -0.15) is 13.2 Å². The number of nitrogens with zero attached hydrogens (tertiary/aromatic N) is 2. The van der Waals surface area contributed by atoms with Gasteiger partial charge < -0.3 is 9.80 Å². The van der Waals surface area contributed by atoms with E-state index in [0.717, 1.165) is 32.0 Å². The maximum atomic E-state index is 13.4. The highest BCUT2D eigenvalue weighted by Crippen LogP contribution is 2.29. The lowest BCUT2D eigenvalue weighted by atomic mass is 9.96. The Kier molecular flexibility index (Phi) is 7.13. The first-order valence-electron chi connectivity index (χ1n) is 10.1. The molecule has 1 unspecified atom stereocenters. The smallest absolute Gasteiger partial charge is 0.341 e. The summed E-state index contributed by atoms with van der Waals surface area (Å²) in [4.78, 5) is 16.4. The van der Waals surface area contributed by atoms with Crippen LogP contribution in [0.1, 0.15) is 34.3 Å². The number of likely N-dealkylation sites (tertiary alicyclic amines) is 1. The Hall–Kier alpha value is -2.41. The number of piperidine rings is 1. The minimum Gasteiger partial charge on any atom is -0.341 e. The molecule has 3 rings (SSSR count). The van der Waals surface area contributed by atoms with E-state index in [2.05, 4.69) is 4.90 Å². The maximum Gasteiger partial charge on any atom is 0.416 e. The third-order valence-corrected chi connectivity index (χ3v) is 5.52. The molecule has 1 aliphatic heterocycles. The summed E-state index contributed by atoms with van der Waals surface area (Å²) in [5, 5.41) is 0. The van der Waals surface area contributed by atoms with Crippen molar-refractivity contribution >= 4 is 5.91 Å². The largest absolute Gasteiger partial charge is 0.416 e. The number of hydrogen-bond donors (Lipinski definition) is 0. The fraction of sp³-hybridized carbons (Fsp3) is 0.435. The highest BCUT2D eigenvalue weighted by molar-refractivity contribution is 5.94. The van der Waals surface area contributed by atoms with Crippen molar-refractivity contribution in [1.29, 1.82) is 0 Å². The Balaban J connectivity index is 1.52. The highest BCUT2D eigenvalue weighted by Gasteiger charge is 2.30. The molecule has 162 valence electrons. The first-order chi connectivity index (χ1) is 14.2. The van der Waals surface area contributed by atoms with E-state index in [0.29, 0.717) is 30.6 Å². The van der Waals surface area contributed by atoms with Gasteiger partial charge in [0.15, 0.2) is 0 Å². The van der Waals surface area contributed by atoms with Crippen LogP contribution >= 0.6 is 0 Å². The average molecular weight is 422 g/mol. The van der Waals surface area contributed by atoms with Crippen molar-refractivity contribution < 1.29 is 22.4 Å². The SMILES string of the molecule is CN(CC1CCCN(CCc2cccc(C(F)(F)F)c2)C1)C(=O)c1cccc(F)c1. The standard InChI is InChI=1S/C23H26F4N2O/c1-28(22(30)19-7-3-9-21(24)14-19)15-18-6-4-11-29(16-18)12-10-17-5-2-8-20(13-17)23(25,26)27/h2-3,5,7-9,13-14,18H,4,6,10-12,15-16H2,1H3. The summed E-state index contributed by atoms with van der Waals surface area (Å²) in [5.41, 5.74) is 0.383. The van der Waals surface area contributed by atoms with Crippen LogP contribution in [0.25, 0.3) is 0 Å². The first kappa shape index (κ1) is 22.3. The van der Waals surface area contributed by atoms with Gasteiger partial charge in [-0.05, 0) is 61.6 Å². The number of benzene rings is 2. The van der Waals surface area contributed by atoms with Crippen LogP contribution in [0.2, 0.25) is 0 Å². The number of rotatable bonds is 6. The van der Waals surface area contributed by atoms with Gasteiger partial charge in [0.05, 0.1) is 5.56 Å². The Morgan fingerprint density at radius 2 is 1.93 bits per heavy atom. The molecule has 0 aliphatic carbocycles. The van der Waals surface area contributed by atoms with Crippen molar-refractivity contribution in [2.75, 3.05) is 33.2 Å². The molecule has 1 aliphatic rings. The summed E-state index contributed by atoms with van der Waals surface area (Å²) in [6.07, 6.45) is -1.81. The number of halogens is 4. The van der Waals surface area contributed by atoms with Crippen LogP contribution < -0.4 is 0 Å². The quantitative estimate of drug-likeness (QED) is 0.620. The second kappa shape index (κ2) is 9.60. The van der Waals surface area contributed by atoms with Crippen LogP contribution in [0.15, 0.2) is 48.5 Å². The molecule has 1 atom stereocenters. The lowest BCUT2D eigenvalue weighted by molar-refractivity contribution is -0.137. The summed E-state index contributed by atoms with van der Waals surface area (Å²) >= 11 is 0. The summed E-state index contributed by atoms with van der Waals surface area (Å²) in [5.74, 6) is -0.369. The Bertz CT molecular complexity index is 868. The van der Waals surface area contributed by atoms with Gasteiger partial charge in [0.25, 0.3) is 5.91 Å². The number of hydrogen-bond acceptors (Lipinski definition) is 2. The van der Waals surface area contributed by atoms with Crippen molar-refractivity contribution in [2.24, 2.45) is 5.92 Å². The second-order valence-electron chi connectivity index (χ2n) is 7.95. The summed E-state index contributed by atoms with van der Waals surface area (Å²) in [7, 11) is 1.72. The maximum absolute atomic E-state index is 13.4. The molecule has 0 spiro atoms. The van der Waals surface area contributed by atoms with Crippen molar-refractivity contribution in [2.45, 2.75) is 25.4 Å². The summed E-state index contributed by atoms with van der Waals surface area (Å²) in [6.45, 7) is 2.94. The molecule has 1 heterocycles. The van der Waals surface area contributed by atoms with Gasteiger partial charge in [-0.25, -0.2) is 4.39 Å². The van der Waals surface area contributed by atoms with Gasteiger partial charge in [0.1, 0.15) is 5.82 Å². The zero-order valence-electron chi connectivity index (χ0n) is 17.0. The van der Waals surface area contributed by atoms with E-state index in [4.69, 9.17) is 0 Å².